The molecule has 4 aromatic heterocycles. The summed E-state index contributed by atoms with van der Waals surface area (Å²) in [7, 11) is 5.41. The molecular weight excluding hydrogens is 505 g/mol. The lowest BCUT2D eigenvalue weighted by Crippen LogP contribution is -2.18. The summed E-state index contributed by atoms with van der Waals surface area (Å²) < 4.78 is 28.7. The second-order valence-corrected chi connectivity index (χ2v) is 10.2. The first kappa shape index (κ1) is 25.6. The van der Waals surface area contributed by atoms with Gasteiger partial charge in [0.15, 0.2) is 4.88 Å². The molecule has 38 heavy (non-hydrogen) atoms. The van der Waals surface area contributed by atoms with Gasteiger partial charge in [0, 0.05) is 30.6 Å². The average Bonchev–Trinajstić information content (AvgIpc) is 3.65. The van der Waals surface area contributed by atoms with E-state index in [1.807, 2.05) is 60.8 Å². The molecular formula is C28H28FN5O3S. The van der Waals surface area contributed by atoms with E-state index < -0.39 is 12.1 Å². The van der Waals surface area contributed by atoms with Crippen LogP contribution in [0.2, 0.25) is 0 Å². The van der Waals surface area contributed by atoms with Crippen molar-refractivity contribution in [3.8, 4) is 27.4 Å². The molecule has 0 saturated carbocycles. The molecule has 0 amide bonds. The summed E-state index contributed by atoms with van der Waals surface area (Å²) in [5, 5.41) is 4.47. The van der Waals surface area contributed by atoms with Crippen LogP contribution in [0, 0.1) is 5.82 Å². The maximum atomic E-state index is 13.7. The minimum absolute atomic E-state index is 0.336. The standard InChI is InChI=1S/C28H28FN5O3S/c1-18(19-6-5-7-22(29)12-19)37-24-14-25(38-27(24)28(35)36-4)23-16-30-26-13-20(8-9-34(23)26)21-15-31-33(17-21)11-10-32(2)3/h5-9,12-18H,10-11H2,1-4H3. The smallest absolute Gasteiger partial charge is 0.351 e. The zero-order valence-corrected chi connectivity index (χ0v) is 22.4. The molecule has 1 unspecified atom stereocenters. The number of hydrogen-bond donors (Lipinski definition) is 0. The van der Waals surface area contributed by atoms with E-state index >= 15 is 0 Å². The topological polar surface area (TPSA) is 73.9 Å². The third-order valence-corrected chi connectivity index (χ3v) is 7.32. The van der Waals surface area contributed by atoms with Crippen molar-refractivity contribution >= 4 is 23.0 Å². The van der Waals surface area contributed by atoms with Gasteiger partial charge < -0.3 is 14.4 Å². The number of methoxy groups -OCH3 is 1. The molecule has 196 valence electrons. The van der Waals surface area contributed by atoms with E-state index in [4.69, 9.17) is 9.47 Å². The number of pyridine rings is 1. The van der Waals surface area contributed by atoms with E-state index in [1.165, 1.54) is 30.6 Å². The summed E-state index contributed by atoms with van der Waals surface area (Å²) in [5.74, 6) is -0.460. The van der Waals surface area contributed by atoms with Gasteiger partial charge in [0.1, 0.15) is 23.3 Å². The number of ether oxygens (including phenoxy) is 2. The molecule has 0 aliphatic heterocycles. The minimum atomic E-state index is -0.495. The molecule has 0 aliphatic rings. The number of carbonyl (C=O) groups is 1. The molecule has 10 heteroatoms. The van der Waals surface area contributed by atoms with Gasteiger partial charge in [-0.2, -0.15) is 5.10 Å². The Kier molecular flexibility index (Phi) is 7.26. The number of hydrogen-bond acceptors (Lipinski definition) is 7. The van der Waals surface area contributed by atoms with E-state index in [-0.39, 0.29) is 5.82 Å². The Morgan fingerprint density at radius 3 is 2.76 bits per heavy atom. The van der Waals surface area contributed by atoms with Crippen LogP contribution in [-0.2, 0) is 11.3 Å². The van der Waals surface area contributed by atoms with Crippen LogP contribution in [0.25, 0.3) is 27.3 Å². The van der Waals surface area contributed by atoms with Crippen LogP contribution in [0.4, 0.5) is 4.39 Å². The van der Waals surface area contributed by atoms with Crippen molar-refractivity contribution in [3.05, 3.63) is 83.5 Å². The number of nitrogens with zero attached hydrogens (tertiary/aromatic N) is 5. The molecule has 0 bridgehead atoms. The Hall–Kier alpha value is -4.02. The fraction of sp³-hybridized carbons (Fsp3) is 0.250. The molecule has 0 radical (unpaired) electrons. The first-order valence-corrected chi connectivity index (χ1v) is 12.9. The highest BCUT2D eigenvalue weighted by atomic mass is 32.1. The Labute approximate surface area is 223 Å². The summed E-state index contributed by atoms with van der Waals surface area (Å²) >= 11 is 1.26. The van der Waals surface area contributed by atoms with Gasteiger partial charge in [0.05, 0.1) is 36.6 Å². The average molecular weight is 534 g/mol. The third-order valence-electron chi connectivity index (χ3n) is 6.20. The van der Waals surface area contributed by atoms with Crippen LogP contribution in [0.15, 0.2) is 67.3 Å². The summed E-state index contributed by atoms with van der Waals surface area (Å²) in [6.07, 6.45) is 7.14. The lowest BCUT2D eigenvalue weighted by Gasteiger charge is -2.15. The van der Waals surface area contributed by atoms with Gasteiger partial charge in [0.25, 0.3) is 0 Å². The number of fused-ring (bicyclic) bond motifs is 1. The second kappa shape index (κ2) is 10.8. The number of likely N-dealkylation sites (N-methyl/N-ethyl adjacent to an activating group) is 1. The molecule has 8 nitrogen and oxygen atoms in total. The number of rotatable bonds is 9. The molecule has 0 N–H and O–H groups in total. The fourth-order valence-electron chi connectivity index (χ4n) is 4.12. The van der Waals surface area contributed by atoms with Crippen LogP contribution < -0.4 is 4.74 Å². The Morgan fingerprint density at radius 1 is 1.16 bits per heavy atom. The Bertz CT molecular complexity index is 1590. The van der Waals surface area contributed by atoms with E-state index in [2.05, 4.69) is 15.0 Å². The van der Waals surface area contributed by atoms with Gasteiger partial charge >= 0.3 is 5.97 Å². The third kappa shape index (κ3) is 5.32. The van der Waals surface area contributed by atoms with Gasteiger partial charge in [-0.15, -0.1) is 11.3 Å². The Balaban J connectivity index is 1.44. The first-order chi connectivity index (χ1) is 18.3. The lowest BCUT2D eigenvalue weighted by molar-refractivity contribution is 0.0600. The quantitative estimate of drug-likeness (QED) is 0.231. The summed E-state index contributed by atoms with van der Waals surface area (Å²) in [6, 6.07) is 12.0. The monoisotopic (exact) mass is 533 g/mol. The maximum absolute atomic E-state index is 13.7. The van der Waals surface area contributed by atoms with Crippen molar-refractivity contribution in [2.24, 2.45) is 0 Å². The lowest BCUT2D eigenvalue weighted by atomic mass is 10.1. The number of aromatic nitrogens is 4. The van der Waals surface area contributed by atoms with E-state index in [0.717, 1.165) is 40.4 Å². The highest BCUT2D eigenvalue weighted by Gasteiger charge is 2.23. The predicted octanol–water partition coefficient (Wildman–Crippen LogP) is 5.55. The van der Waals surface area contributed by atoms with Crippen LogP contribution >= 0.6 is 11.3 Å². The summed E-state index contributed by atoms with van der Waals surface area (Å²) in [5.41, 5.74) is 4.28. The van der Waals surface area contributed by atoms with Crippen molar-refractivity contribution < 1.29 is 18.7 Å². The molecule has 0 spiro atoms. The summed E-state index contributed by atoms with van der Waals surface area (Å²) in [6.45, 7) is 3.53. The highest BCUT2D eigenvalue weighted by molar-refractivity contribution is 7.17. The van der Waals surface area contributed by atoms with E-state index in [0.29, 0.717) is 16.2 Å². The van der Waals surface area contributed by atoms with Crippen molar-refractivity contribution in [2.45, 2.75) is 19.6 Å². The number of esters is 1. The fourth-order valence-corrected chi connectivity index (χ4v) is 5.14. The number of thiophene rings is 1. The largest absolute Gasteiger partial charge is 0.484 e. The number of carbonyl (C=O) groups excluding carboxylic acids is 1. The molecule has 1 aromatic carbocycles. The molecule has 0 aliphatic carbocycles. The predicted molar refractivity (Wildman–Crippen MR) is 145 cm³/mol. The van der Waals surface area contributed by atoms with Crippen molar-refractivity contribution in [1.29, 1.82) is 0 Å². The molecule has 4 heterocycles. The SMILES string of the molecule is COC(=O)c1sc(-c2cnc3cc(-c4cnn(CCN(C)C)c4)ccn23)cc1OC(C)c1cccc(F)c1. The van der Waals surface area contributed by atoms with Gasteiger partial charge in [-0.1, -0.05) is 12.1 Å². The molecule has 5 rings (SSSR count). The van der Waals surface area contributed by atoms with Crippen molar-refractivity contribution in [1.82, 2.24) is 24.1 Å². The van der Waals surface area contributed by atoms with Crippen LogP contribution in [0.5, 0.6) is 5.75 Å². The number of benzene rings is 1. The van der Waals surface area contributed by atoms with Gasteiger partial charge in [0.2, 0.25) is 0 Å². The molecule has 5 aromatic rings. The number of imidazole rings is 1. The first-order valence-electron chi connectivity index (χ1n) is 12.1. The van der Waals surface area contributed by atoms with Gasteiger partial charge in [-0.25, -0.2) is 14.2 Å². The van der Waals surface area contributed by atoms with Crippen LogP contribution in [-0.4, -0.2) is 57.8 Å². The molecule has 0 fully saturated rings. The zero-order chi connectivity index (χ0) is 26.8. The van der Waals surface area contributed by atoms with E-state index in [9.17, 15) is 9.18 Å². The second-order valence-electron chi connectivity index (χ2n) is 9.19. The maximum Gasteiger partial charge on any atom is 0.351 e. The van der Waals surface area contributed by atoms with E-state index in [1.54, 1.807) is 24.4 Å². The van der Waals surface area contributed by atoms with Crippen molar-refractivity contribution in [3.63, 3.8) is 0 Å². The number of halogens is 1. The minimum Gasteiger partial charge on any atom is -0.484 e. The van der Waals surface area contributed by atoms with Crippen LogP contribution in [0.1, 0.15) is 28.3 Å². The molecule has 0 saturated heterocycles. The van der Waals surface area contributed by atoms with Gasteiger partial charge in [-0.05, 0) is 56.4 Å². The van der Waals surface area contributed by atoms with Gasteiger partial charge in [-0.3, -0.25) is 9.08 Å². The zero-order valence-electron chi connectivity index (χ0n) is 21.6. The normalized spacial score (nSPS) is 12.3. The van der Waals surface area contributed by atoms with Crippen molar-refractivity contribution in [2.75, 3.05) is 27.7 Å². The summed E-state index contributed by atoms with van der Waals surface area (Å²) in [4.78, 5) is 20.4. The Morgan fingerprint density at radius 2 is 2.00 bits per heavy atom. The molecule has 1 atom stereocenters. The van der Waals surface area contributed by atoms with Crippen LogP contribution in [0.3, 0.4) is 0 Å². The highest BCUT2D eigenvalue weighted by Crippen LogP contribution is 2.39.